The van der Waals surface area contributed by atoms with Gasteiger partial charge in [0.1, 0.15) is 10.5 Å². The molecule has 0 amide bonds. The molecule has 90 valence electrons. The molecule has 1 fully saturated rings. The van der Waals surface area contributed by atoms with Gasteiger partial charge in [0, 0.05) is 29.7 Å². The zero-order valence-corrected chi connectivity index (χ0v) is 11.8. The van der Waals surface area contributed by atoms with Crippen LogP contribution in [-0.2, 0) is 9.84 Å². The van der Waals surface area contributed by atoms with Crippen molar-refractivity contribution in [3.63, 3.8) is 0 Å². The lowest BCUT2D eigenvalue weighted by molar-refractivity contribution is 0.584. The van der Waals surface area contributed by atoms with Gasteiger partial charge in [0.2, 0.25) is 0 Å². The molecule has 1 aliphatic rings. The lowest BCUT2D eigenvalue weighted by Gasteiger charge is -2.33. The van der Waals surface area contributed by atoms with Crippen molar-refractivity contribution in [1.82, 2.24) is 4.98 Å². The quantitative estimate of drug-likeness (QED) is 0.832. The van der Waals surface area contributed by atoms with E-state index in [1.165, 1.54) is 17.6 Å². The number of anilines is 1. The normalized spacial score (nSPS) is 22.4. The molecule has 1 aromatic rings. The van der Waals surface area contributed by atoms with Gasteiger partial charge in [-0.1, -0.05) is 11.6 Å². The molecular weight excluding hydrogens is 288 g/mol. The molecule has 16 heavy (non-hydrogen) atoms. The first-order valence-electron chi connectivity index (χ1n) is 4.63. The molecule has 8 heteroatoms. The standard InChI is InChI=1S/C8H11ClN2O2S3/c1-16(12,13)7-5-14-3-2-11(7)8-10-6(9)4-15-8/h4,7H,2-3,5H2,1H3. The third-order valence-corrected chi connectivity index (χ3v) is 6.13. The maximum absolute atomic E-state index is 11.7. The first-order chi connectivity index (χ1) is 7.48. The van der Waals surface area contributed by atoms with Gasteiger partial charge >= 0.3 is 0 Å². The molecule has 2 rings (SSSR count). The van der Waals surface area contributed by atoms with Crippen LogP contribution in [0.1, 0.15) is 0 Å². The average molecular weight is 299 g/mol. The fraction of sp³-hybridized carbons (Fsp3) is 0.625. The van der Waals surface area contributed by atoms with E-state index in [9.17, 15) is 8.42 Å². The van der Waals surface area contributed by atoms with Crippen LogP contribution in [0.4, 0.5) is 5.13 Å². The van der Waals surface area contributed by atoms with Gasteiger partial charge in [-0.05, 0) is 0 Å². The minimum Gasteiger partial charge on any atom is -0.329 e. The number of nitrogens with zero attached hydrogens (tertiary/aromatic N) is 2. The van der Waals surface area contributed by atoms with Gasteiger partial charge in [-0.3, -0.25) is 0 Å². The molecule has 0 aliphatic carbocycles. The van der Waals surface area contributed by atoms with Crippen molar-refractivity contribution in [1.29, 1.82) is 0 Å². The first-order valence-corrected chi connectivity index (χ1v) is 8.99. The second-order valence-electron chi connectivity index (χ2n) is 3.51. The van der Waals surface area contributed by atoms with E-state index in [0.717, 1.165) is 5.75 Å². The Morgan fingerprint density at radius 1 is 1.62 bits per heavy atom. The summed E-state index contributed by atoms with van der Waals surface area (Å²) in [7, 11) is -3.09. The zero-order chi connectivity index (χ0) is 11.8. The van der Waals surface area contributed by atoms with Crippen LogP contribution in [0.15, 0.2) is 5.38 Å². The Balaban J connectivity index is 2.30. The van der Waals surface area contributed by atoms with Crippen molar-refractivity contribution >= 4 is 49.7 Å². The van der Waals surface area contributed by atoms with Crippen LogP contribution in [0.25, 0.3) is 0 Å². The van der Waals surface area contributed by atoms with Crippen LogP contribution in [0, 0.1) is 0 Å². The van der Waals surface area contributed by atoms with Crippen LogP contribution in [-0.4, -0.2) is 43.1 Å². The molecule has 0 radical (unpaired) electrons. The lowest BCUT2D eigenvalue weighted by Crippen LogP contribution is -2.47. The summed E-state index contributed by atoms with van der Waals surface area (Å²) in [5.41, 5.74) is 0. The molecule has 1 aromatic heterocycles. The van der Waals surface area contributed by atoms with Gasteiger partial charge in [-0.15, -0.1) is 11.3 Å². The van der Waals surface area contributed by atoms with Crippen LogP contribution >= 0.6 is 34.7 Å². The van der Waals surface area contributed by atoms with E-state index in [1.807, 2.05) is 4.90 Å². The van der Waals surface area contributed by atoms with E-state index in [2.05, 4.69) is 4.98 Å². The largest absolute Gasteiger partial charge is 0.329 e. The molecule has 4 nitrogen and oxygen atoms in total. The van der Waals surface area contributed by atoms with Crippen molar-refractivity contribution in [2.75, 3.05) is 29.2 Å². The molecule has 0 bridgehead atoms. The summed E-state index contributed by atoms with van der Waals surface area (Å²) in [4.78, 5) is 5.97. The van der Waals surface area contributed by atoms with Crippen molar-refractivity contribution in [3.8, 4) is 0 Å². The van der Waals surface area contributed by atoms with E-state index in [0.29, 0.717) is 22.6 Å². The number of thiazole rings is 1. The molecule has 0 N–H and O–H groups in total. The molecule has 2 heterocycles. The Kier molecular flexibility index (Phi) is 3.68. The molecule has 0 saturated carbocycles. The minimum absolute atomic E-state index is 0.422. The van der Waals surface area contributed by atoms with Crippen molar-refractivity contribution < 1.29 is 8.42 Å². The highest BCUT2D eigenvalue weighted by atomic mass is 35.5. The highest BCUT2D eigenvalue weighted by Crippen LogP contribution is 2.30. The molecule has 1 unspecified atom stereocenters. The fourth-order valence-electron chi connectivity index (χ4n) is 1.53. The number of halogens is 1. The minimum atomic E-state index is -3.09. The molecule has 1 aliphatic heterocycles. The summed E-state index contributed by atoms with van der Waals surface area (Å²) in [5.74, 6) is 1.51. The van der Waals surface area contributed by atoms with E-state index >= 15 is 0 Å². The van der Waals surface area contributed by atoms with E-state index in [1.54, 1.807) is 17.1 Å². The monoisotopic (exact) mass is 298 g/mol. The summed E-state index contributed by atoms with van der Waals surface area (Å²) in [6.07, 6.45) is 1.27. The molecule has 0 spiro atoms. The number of sulfone groups is 1. The fourth-order valence-corrected chi connectivity index (χ4v) is 5.44. The smallest absolute Gasteiger partial charge is 0.187 e. The Bertz CT molecular complexity index is 473. The summed E-state index contributed by atoms with van der Waals surface area (Å²) in [6, 6.07) is 0. The Morgan fingerprint density at radius 2 is 2.38 bits per heavy atom. The van der Waals surface area contributed by atoms with Crippen molar-refractivity contribution in [3.05, 3.63) is 10.5 Å². The SMILES string of the molecule is CS(=O)(=O)C1CSCCN1c1nc(Cl)cs1. The van der Waals surface area contributed by atoms with Gasteiger partial charge in [0.05, 0.1) is 0 Å². The molecule has 1 atom stereocenters. The lowest BCUT2D eigenvalue weighted by atomic mass is 10.5. The predicted molar refractivity (Wildman–Crippen MR) is 70.4 cm³/mol. The van der Waals surface area contributed by atoms with E-state index in [-0.39, 0.29) is 0 Å². The highest BCUT2D eigenvalue weighted by molar-refractivity contribution is 8.01. The first kappa shape index (κ1) is 12.5. The van der Waals surface area contributed by atoms with Crippen LogP contribution < -0.4 is 4.90 Å². The Hall–Kier alpha value is 0.0200. The van der Waals surface area contributed by atoms with Gasteiger partial charge in [0.15, 0.2) is 15.0 Å². The van der Waals surface area contributed by atoms with Gasteiger partial charge in [-0.2, -0.15) is 11.8 Å². The highest BCUT2D eigenvalue weighted by Gasteiger charge is 2.32. The second kappa shape index (κ2) is 4.72. The van der Waals surface area contributed by atoms with Crippen molar-refractivity contribution in [2.45, 2.75) is 5.37 Å². The van der Waals surface area contributed by atoms with Crippen LogP contribution in [0.5, 0.6) is 0 Å². The Morgan fingerprint density at radius 3 is 2.94 bits per heavy atom. The summed E-state index contributed by atoms with van der Waals surface area (Å²) in [5, 5.41) is 2.36. The maximum atomic E-state index is 11.7. The van der Waals surface area contributed by atoms with Gasteiger partial charge in [-0.25, -0.2) is 13.4 Å². The number of rotatable bonds is 2. The number of hydrogen-bond donors (Lipinski definition) is 0. The van der Waals surface area contributed by atoms with E-state index in [4.69, 9.17) is 11.6 Å². The number of aromatic nitrogens is 1. The average Bonchev–Trinajstić information content (AvgIpc) is 2.64. The van der Waals surface area contributed by atoms with Crippen LogP contribution in [0.3, 0.4) is 0 Å². The molecule has 0 aromatic carbocycles. The van der Waals surface area contributed by atoms with E-state index < -0.39 is 15.2 Å². The third kappa shape index (κ3) is 2.64. The van der Waals surface area contributed by atoms with Gasteiger partial charge < -0.3 is 4.90 Å². The maximum Gasteiger partial charge on any atom is 0.187 e. The summed E-state index contributed by atoms with van der Waals surface area (Å²) >= 11 is 8.80. The predicted octanol–water partition coefficient (Wildman–Crippen LogP) is 1.72. The number of thioether (sulfide) groups is 1. The van der Waals surface area contributed by atoms with Crippen molar-refractivity contribution in [2.24, 2.45) is 0 Å². The zero-order valence-electron chi connectivity index (χ0n) is 8.59. The molecular formula is C8H11ClN2O2S3. The summed E-state index contributed by atoms with van der Waals surface area (Å²) in [6.45, 7) is 0.701. The Labute approximate surface area is 108 Å². The second-order valence-corrected chi connectivity index (χ2v) is 8.08. The molecule has 1 saturated heterocycles. The van der Waals surface area contributed by atoms with Gasteiger partial charge in [0.25, 0.3) is 0 Å². The topological polar surface area (TPSA) is 50.3 Å². The third-order valence-electron chi connectivity index (χ3n) is 2.29. The summed E-state index contributed by atoms with van der Waals surface area (Å²) < 4.78 is 23.3. The number of hydrogen-bond acceptors (Lipinski definition) is 6. The van der Waals surface area contributed by atoms with Crippen LogP contribution in [0.2, 0.25) is 5.15 Å².